The van der Waals surface area contributed by atoms with Gasteiger partial charge in [-0.25, -0.2) is 14.0 Å². The van der Waals surface area contributed by atoms with Crippen molar-refractivity contribution in [2.24, 2.45) is 0 Å². The smallest absolute Gasteiger partial charge is 0.419 e. The molecule has 0 saturated carbocycles. The fourth-order valence-corrected chi connectivity index (χ4v) is 1.96. The van der Waals surface area contributed by atoms with E-state index in [1.165, 1.54) is 6.07 Å². The number of carboxylic acid groups (broad SMARTS) is 1. The van der Waals surface area contributed by atoms with Crippen LogP contribution in [0.2, 0.25) is 0 Å². The normalized spacial score (nSPS) is 11.5. The van der Waals surface area contributed by atoms with Crippen molar-refractivity contribution in [3.8, 4) is 0 Å². The Labute approximate surface area is 125 Å². The molecule has 1 aromatic carbocycles. The maximum absolute atomic E-state index is 13.4. The molecule has 1 aromatic heterocycles. The molecular formula is C15H14FNO5. The van der Waals surface area contributed by atoms with Gasteiger partial charge in [0.05, 0.1) is 11.1 Å². The molecule has 0 fully saturated rings. The van der Waals surface area contributed by atoms with Gasteiger partial charge in [-0.1, -0.05) is 0 Å². The van der Waals surface area contributed by atoms with Gasteiger partial charge in [-0.15, -0.1) is 0 Å². The Bertz CT molecular complexity index is 785. The molecule has 0 aliphatic rings. The van der Waals surface area contributed by atoms with E-state index in [0.717, 1.165) is 22.9 Å². The molecule has 0 radical (unpaired) electrons. The number of hydrogen-bond donors (Lipinski definition) is 1. The molecule has 0 unspecified atom stereocenters. The molecule has 0 spiro atoms. The van der Waals surface area contributed by atoms with E-state index in [2.05, 4.69) is 0 Å². The molecule has 0 aliphatic heterocycles. The van der Waals surface area contributed by atoms with Gasteiger partial charge in [-0.2, -0.15) is 0 Å². The minimum absolute atomic E-state index is 0.0401. The van der Waals surface area contributed by atoms with E-state index >= 15 is 0 Å². The molecule has 0 bridgehead atoms. The zero-order chi connectivity index (χ0) is 16.7. The third-order valence-electron chi connectivity index (χ3n) is 2.80. The van der Waals surface area contributed by atoms with Gasteiger partial charge >= 0.3 is 12.1 Å². The van der Waals surface area contributed by atoms with E-state index in [1.807, 2.05) is 0 Å². The van der Waals surface area contributed by atoms with Gasteiger partial charge in [0.25, 0.3) is 5.78 Å². The number of hydrogen-bond acceptors (Lipinski definition) is 4. The predicted octanol–water partition coefficient (Wildman–Crippen LogP) is 2.83. The molecule has 22 heavy (non-hydrogen) atoms. The Balaban J connectivity index is 2.64. The summed E-state index contributed by atoms with van der Waals surface area (Å²) in [5, 5.41) is 8.87. The van der Waals surface area contributed by atoms with Crippen LogP contribution in [-0.2, 0) is 9.53 Å². The van der Waals surface area contributed by atoms with Crippen molar-refractivity contribution in [1.82, 2.24) is 4.57 Å². The molecule has 1 N–H and O–H groups in total. The molecule has 6 nitrogen and oxygen atoms in total. The molecule has 0 saturated heterocycles. The number of aromatic nitrogens is 1. The van der Waals surface area contributed by atoms with E-state index in [1.54, 1.807) is 20.8 Å². The van der Waals surface area contributed by atoms with Crippen molar-refractivity contribution in [3.05, 3.63) is 35.8 Å². The number of ketones is 1. The van der Waals surface area contributed by atoms with Crippen molar-refractivity contribution in [2.75, 3.05) is 0 Å². The maximum Gasteiger partial charge on any atom is 0.419 e. The summed E-state index contributed by atoms with van der Waals surface area (Å²) in [7, 11) is 0. The van der Waals surface area contributed by atoms with Gasteiger partial charge < -0.3 is 9.84 Å². The summed E-state index contributed by atoms with van der Waals surface area (Å²) in [6.07, 6.45) is 0.266. The van der Waals surface area contributed by atoms with Gasteiger partial charge in [-0.3, -0.25) is 9.36 Å². The summed E-state index contributed by atoms with van der Waals surface area (Å²) in [4.78, 5) is 34.7. The van der Waals surface area contributed by atoms with Crippen LogP contribution in [0.5, 0.6) is 0 Å². The zero-order valence-corrected chi connectivity index (χ0v) is 12.2. The summed E-state index contributed by atoms with van der Waals surface area (Å²) >= 11 is 0. The topological polar surface area (TPSA) is 85.6 Å². The Morgan fingerprint density at radius 1 is 1.23 bits per heavy atom. The quantitative estimate of drug-likeness (QED) is 0.681. The van der Waals surface area contributed by atoms with E-state index in [9.17, 15) is 18.8 Å². The van der Waals surface area contributed by atoms with Crippen molar-refractivity contribution < 1.29 is 28.6 Å². The summed E-state index contributed by atoms with van der Waals surface area (Å²) in [5.74, 6) is -3.56. The van der Waals surface area contributed by atoms with Crippen LogP contribution in [0.4, 0.5) is 9.18 Å². The number of nitrogens with zero attached hydrogens (tertiary/aromatic N) is 1. The fraction of sp³-hybridized carbons (Fsp3) is 0.267. The first-order chi connectivity index (χ1) is 10.1. The standard InChI is InChI=1S/C15H14FNO5/c1-15(2,3)22-14(21)17-7-10(12(18)13(19)20)9-6-8(16)4-5-11(9)17/h4-7H,1-3H3,(H,19,20). The lowest BCUT2D eigenvalue weighted by Crippen LogP contribution is -2.26. The first-order valence-corrected chi connectivity index (χ1v) is 6.42. The Hall–Kier alpha value is -2.70. The molecule has 2 aromatic rings. The second-order valence-corrected chi connectivity index (χ2v) is 5.69. The van der Waals surface area contributed by atoms with Gasteiger partial charge in [0, 0.05) is 11.6 Å². The van der Waals surface area contributed by atoms with Crippen molar-refractivity contribution in [1.29, 1.82) is 0 Å². The number of fused-ring (bicyclic) bond motifs is 1. The van der Waals surface area contributed by atoms with Crippen LogP contribution in [0.3, 0.4) is 0 Å². The van der Waals surface area contributed by atoms with Crippen LogP contribution in [0.15, 0.2) is 24.4 Å². The van der Waals surface area contributed by atoms with Crippen LogP contribution in [0, 0.1) is 5.82 Å². The number of aliphatic carboxylic acids is 1. The Morgan fingerprint density at radius 2 is 1.86 bits per heavy atom. The molecule has 0 aliphatic carbocycles. The van der Waals surface area contributed by atoms with Crippen molar-refractivity contribution in [3.63, 3.8) is 0 Å². The average Bonchev–Trinajstić information content (AvgIpc) is 2.74. The summed E-state index contributed by atoms with van der Waals surface area (Å²) in [6.45, 7) is 5.00. The van der Waals surface area contributed by atoms with Crippen LogP contribution < -0.4 is 0 Å². The molecule has 0 amide bonds. The van der Waals surface area contributed by atoms with E-state index < -0.39 is 29.3 Å². The first kappa shape index (κ1) is 15.7. The fourth-order valence-electron chi connectivity index (χ4n) is 1.96. The molecular weight excluding hydrogens is 293 g/mol. The van der Waals surface area contributed by atoms with Gasteiger partial charge in [0.15, 0.2) is 0 Å². The van der Waals surface area contributed by atoms with E-state index in [0.29, 0.717) is 0 Å². The lowest BCUT2D eigenvalue weighted by molar-refractivity contribution is -0.131. The second-order valence-electron chi connectivity index (χ2n) is 5.69. The number of halogens is 1. The number of benzene rings is 1. The molecule has 0 atom stereocenters. The van der Waals surface area contributed by atoms with Crippen LogP contribution in [0.1, 0.15) is 31.1 Å². The van der Waals surface area contributed by atoms with E-state index in [-0.39, 0.29) is 16.5 Å². The third kappa shape index (κ3) is 2.98. The van der Waals surface area contributed by atoms with Crippen molar-refractivity contribution in [2.45, 2.75) is 26.4 Å². The number of carboxylic acids is 1. The van der Waals surface area contributed by atoms with E-state index in [4.69, 9.17) is 9.84 Å². The minimum atomic E-state index is -1.69. The summed E-state index contributed by atoms with van der Waals surface area (Å²) in [5.41, 5.74) is -0.849. The molecule has 116 valence electrons. The minimum Gasteiger partial charge on any atom is -0.475 e. The Kier molecular flexibility index (Phi) is 3.74. The first-order valence-electron chi connectivity index (χ1n) is 6.42. The number of ether oxygens (including phenoxy) is 1. The van der Waals surface area contributed by atoms with Gasteiger partial charge in [-0.05, 0) is 39.0 Å². The second kappa shape index (κ2) is 5.25. The SMILES string of the molecule is CC(C)(C)OC(=O)n1cc(C(=O)C(=O)O)c2cc(F)ccc21. The van der Waals surface area contributed by atoms with Gasteiger partial charge in [0.2, 0.25) is 0 Å². The third-order valence-corrected chi connectivity index (χ3v) is 2.80. The average molecular weight is 307 g/mol. The lowest BCUT2D eigenvalue weighted by atomic mass is 10.1. The maximum atomic E-state index is 13.4. The number of rotatable bonds is 2. The molecule has 1 heterocycles. The highest BCUT2D eigenvalue weighted by molar-refractivity contribution is 6.42. The number of Topliss-reactive ketones (excluding diaryl/α,β-unsaturated/α-hetero) is 1. The Morgan fingerprint density at radius 3 is 2.41 bits per heavy atom. The predicted molar refractivity (Wildman–Crippen MR) is 75.5 cm³/mol. The van der Waals surface area contributed by atoms with Crippen LogP contribution in [0.25, 0.3) is 10.9 Å². The van der Waals surface area contributed by atoms with Crippen LogP contribution in [-0.4, -0.2) is 33.1 Å². The largest absolute Gasteiger partial charge is 0.475 e. The highest BCUT2D eigenvalue weighted by Crippen LogP contribution is 2.24. The molecule has 7 heteroatoms. The summed E-state index contributed by atoms with van der Waals surface area (Å²) in [6, 6.07) is 3.40. The summed E-state index contributed by atoms with van der Waals surface area (Å²) < 4.78 is 19.6. The molecule has 2 rings (SSSR count). The lowest BCUT2D eigenvalue weighted by Gasteiger charge is -2.19. The number of carbonyl (C=O) groups is 3. The van der Waals surface area contributed by atoms with Crippen LogP contribution >= 0.6 is 0 Å². The number of carbonyl (C=O) groups excluding carboxylic acids is 2. The van der Waals surface area contributed by atoms with Gasteiger partial charge in [0.1, 0.15) is 11.4 Å². The monoisotopic (exact) mass is 307 g/mol. The zero-order valence-electron chi connectivity index (χ0n) is 12.2. The van der Waals surface area contributed by atoms with Crippen molar-refractivity contribution >= 4 is 28.7 Å². The highest BCUT2D eigenvalue weighted by Gasteiger charge is 2.25. The highest BCUT2D eigenvalue weighted by atomic mass is 19.1.